The second-order valence-corrected chi connectivity index (χ2v) is 4.85. The lowest BCUT2D eigenvalue weighted by Gasteiger charge is -2.20. The van der Waals surface area contributed by atoms with Crippen LogP contribution in [0.15, 0.2) is 12.1 Å². The number of nitrogens with zero attached hydrogens (tertiary/aromatic N) is 1. The lowest BCUT2D eigenvalue weighted by molar-refractivity contribution is 0.515. The molecule has 0 saturated carbocycles. The molecule has 1 aromatic rings. The standard InChI is InChI=1S/C13H18N2/c1-9-5-11(8-14)6-12(10(9)2)7-13(3,4)15/h5-6H,7,15H2,1-4H3. The Balaban J connectivity index is 3.18. The van der Waals surface area contributed by atoms with Gasteiger partial charge < -0.3 is 5.73 Å². The summed E-state index contributed by atoms with van der Waals surface area (Å²) in [6, 6.07) is 6.04. The molecule has 2 nitrogen and oxygen atoms in total. The van der Waals surface area contributed by atoms with Gasteiger partial charge in [-0.25, -0.2) is 0 Å². The van der Waals surface area contributed by atoms with Gasteiger partial charge in [-0.05, 0) is 62.9 Å². The third kappa shape index (κ3) is 3.07. The van der Waals surface area contributed by atoms with Gasteiger partial charge in [0.1, 0.15) is 0 Å². The topological polar surface area (TPSA) is 49.8 Å². The van der Waals surface area contributed by atoms with Crippen molar-refractivity contribution in [1.29, 1.82) is 5.26 Å². The third-order valence-electron chi connectivity index (χ3n) is 2.55. The van der Waals surface area contributed by atoms with Crippen molar-refractivity contribution in [3.05, 3.63) is 34.4 Å². The van der Waals surface area contributed by atoms with Gasteiger partial charge in [-0.3, -0.25) is 0 Å². The zero-order chi connectivity index (χ0) is 11.6. The number of hydrogen-bond donors (Lipinski definition) is 1. The molecule has 0 aliphatic rings. The average Bonchev–Trinajstić information content (AvgIpc) is 2.10. The zero-order valence-corrected chi connectivity index (χ0v) is 9.89. The second kappa shape index (κ2) is 4.04. The first kappa shape index (κ1) is 11.7. The molecule has 0 atom stereocenters. The van der Waals surface area contributed by atoms with Crippen LogP contribution in [0.2, 0.25) is 0 Å². The highest BCUT2D eigenvalue weighted by molar-refractivity contribution is 5.43. The molecule has 0 aliphatic carbocycles. The minimum absolute atomic E-state index is 0.231. The molecule has 0 unspecified atom stereocenters. The van der Waals surface area contributed by atoms with Crippen LogP contribution in [0.25, 0.3) is 0 Å². The van der Waals surface area contributed by atoms with E-state index in [9.17, 15) is 0 Å². The lowest BCUT2D eigenvalue weighted by atomic mass is 9.90. The van der Waals surface area contributed by atoms with E-state index in [1.807, 2.05) is 32.9 Å². The van der Waals surface area contributed by atoms with Crippen LogP contribution in [-0.4, -0.2) is 5.54 Å². The number of hydrogen-bond acceptors (Lipinski definition) is 2. The number of aryl methyl sites for hydroxylation is 1. The largest absolute Gasteiger partial charge is 0.325 e. The van der Waals surface area contributed by atoms with Crippen molar-refractivity contribution in [2.24, 2.45) is 5.73 Å². The molecule has 2 heteroatoms. The summed E-state index contributed by atoms with van der Waals surface area (Å²) in [5.41, 5.74) is 10.1. The minimum atomic E-state index is -0.231. The normalized spacial score (nSPS) is 11.2. The van der Waals surface area contributed by atoms with E-state index in [4.69, 9.17) is 11.0 Å². The van der Waals surface area contributed by atoms with Gasteiger partial charge in [-0.15, -0.1) is 0 Å². The van der Waals surface area contributed by atoms with E-state index in [2.05, 4.69) is 13.0 Å². The monoisotopic (exact) mass is 202 g/mol. The summed E-state index contributed by atoms with van der Waals surface area (Å²) in [4.78, 5) is 0. The fraction of sp³-hybridized carbons (Fsp3) is 0.462. The molecule has 0 fully saturated rings. The van der Waals surface area contributed by atoms with Gasteiger partial charge in [0.2, 0.25) is 0 Å². The molecule has 0 spiro atoms. The van der Waals surface area contributed by atoms with Crippen molar-refractivity contribution < 1.29 is 0 Å². The van der Waals surface area contributed by atoms with Gasteiger partial charge in [-0.1, -0.05) is 0 Å². The molecule has 0 saturated heterocycles. The summed E-state index contributed by atoms with van der Waals surface area (Å²) in [7, 11) is 0. The van der Waals surface area contributed by atoms with E-state index in [0.29, 0.717) is 0 Å². The van der Waals surface area contributed by atoms with Crippen LogP contribution >= 0.6 is 0 Å². The molecule has 15 heavy (non-hydrogen) atoms. The van der Waals surface area contributed by atoms with Crippen molar-refractivity contribution in [2.45, 2.75) is 39.7 Å². The van der Waals surface area contributed by atoms with E-state index < -0.39 is 0 Å². The SMILES string of the molecule is Cc1cc(C#N)cc(CC(C)(C)N)c1C. The van der Waals surface area contributed by atoms with Crippen LogP contribution in [0.3, 0.4) is 0 Å². The van der Waals surface area contributed by atoms with E-state index in [1.54, 1.807) is 0 Å². The maximum atomic E-state index is 8.89. The fourth-order valence-corrected chi connectivity index (χ4v) is 1.67. The van der Waals surface area contributed by atoms with Gasteiger partial charge in [0.15, 0.2) is 0 Å². The molecule has 1 rings (SSSR count). The Morgan fingerprint density at radius 2 is 1.93 bits per heavy atom. The predicted molar refractivity (Wildman–Crippen MR) is 62.6 cm³/mol. The summed E-state index contributed by atoms with van der Waals surface area (Å²) in [6.07, 6.45) is 0.801. The number of nitriles is 1. The Hall–Kier alpha value is -1.33. The molecule has 0 aromatic heterocycles. The van der Waals surface area contributed by atoms with Crippen molar-refractivity contribution in [2.75, 3.05) is 0 Å². The highest BCUT2D eigenvalue weighted by Crippen LogP contribution is 2.19. The molecule has 0 amide bonds. The molecular formula is C13H18N2. The molecule has 80 valence electrons. The second-order valence-electron chi connectivity index (χ2n) is 4.85. The molecular weight excluding hydrogens is 184 g/mol. The summed E-state index contributed by atoms with van der Waals surface area (Å²) in [6.45, 7) is 8.11. The van der Waals surface area contributed by atoms with Gasteiger partial charge in [-0.2, -0.15) is 5.26 Å². The molecule has 2 N–H and O–H groups in total. The fourth-order valence-electron chi connectivity index (χ4n) is 1.67. The maximum Gasteiger partial charge on any atom is 0.0991 e. The maximum absolute atomic E-state index is 8.89. The summed E-state index contributed by atoms with van der Waals surface area (Å²) in [5, 5.41) is 8.89. The first-order valence-corrected chi connectivity index (χ1v) is 5.12. The first-order chi connectivity index (χ1) is 6.83. The van der Waals surface area contributed by atoms with E-state index in [1.165, 1.54) is 11.1 Å². The molecule has 1 aromatic carbocycles. The van der Waals surface area contributed by atoms with Crippen molar-refractivity contribution >= 4 is 0 Å². The first-order valence-electron chi connectivity index (χ1n) is 5.12. The average molecular weight is 202 g/mol. The van der Waals surface area contributed by atoms with E-state index in [0.717, 1.165) is 17.5 Å². The number of rotatable bonds is 2. The minimum Gasteiger partial charge on any atom is -0.325 e. The van der Waals surface area contributed by atoms with Gasteiger partial charge >= 0.3 is 0 Å². The Morgan fingerprint density at radius 3 is 2.40 bits per heavy atom. The van der Waals surface area contributed by atoms with Gasteiger partial charge in [0.05, 0.1) is 11.6 Å². The Labute approximate surface area is 91.7 Å². The van der Waals surface area contributed by atoms with Crippen molar-refractivity contribution in [3.8, 4) is 6.07 Å². The van der Waals surface area contributed by atoms with Crippen molar-refractivity contribution in [1.82, 2.24) is 0 Å². The third-order valence-corrected chi connectivity index (χ3v) is 2.55. The summed E-state index contributed by atoms with van der Waals surface area (Å²) < 4.78 is 0. The Bertz CT molecular complexity index is 406. The van der Waals surface area contributed by atoms with Crippen LogP contribution in [-0.2, 0) is 6.42 Å². The predicted octanol–water partition coefficient (Wildman–Crippen LogP) is 2.45. The number of nitrogens with two attached hydrogens (primary N) is 1. The Morgan fingerprint density at radius 1 is 1.33 bits per heavy atom. The number of benzene rings is 1. The molecule has 0 aliphatic heterocycles. The van der Waals surface area contributed by atoms with Crippen LogP contribution < -0.4 is 5.73 Å². The lowest BCUT2D eigenvalue weighted by Crippen LogP contribution is -2.34. The van der Waals surface area contributed by atoms with Gasteiger partial charge in [0, 0.05) is 5.54 Å². The Kier molecular flexibility index (Phi) is 3.16. The summed E-state index contributed by atoms with van der Waals surface area (Å²) in [5.74, 6) is 0. The van der Waals surface area contributed by atoms with Crippen LogP contribution in [0.4, 0.5) is 0 Å². The van der Waals surface area contributed by atoms with Crippen LogP contribution in [0, 0.1) is 25.2 Å². The molecule has 0 heterocycles. The molecule has 0 bridgehead atoms. The zero-order valence-electron chi connectivity index (χ0n) is 9.89. The highest BCUT2D eigenvalue weighted by atomic mass is 14.7. The highest BCUT2D eigenvalue weighted by Gasteiger charge is 2.14. The van der Waals surface area contributed by atoms with Crippen molar-refractivity contribution in [3.63, 3.8) is 0 Å². The van der Waals surface area contributed by atoms with E-state index in [-0.39, 0.29) is 5.54 Å². The van der Waals surface area contributed by atoms with Gasteiger partial charge in [0.25, 0.3) is 0 Å². The smallest absolute Gasteiger partial charge is 0.0991 e. The molecule has 0 radical (unpaired) electrons. The summed E-state index contributed by atoms with van der Waals surface area (Å²) >= 11 is 0. The van der Waals surface area contributed by atoms with Crippen LogP contribution in [0.5, 0.6) is 0 Å². The van der Waals surface area contributed by atoms with Crippen LogP contribution in [0.1, 0.15) is 36.1 Å². The van der Waals surface area contributed by atoms with E-state index >= 15 is 0 Å². The quantitative estimate of drug-likeness (QED) is 0.800.